The monoisotopic (exact) mass is 826 g/mol. The van der Waals surface area contributed by atoms with Crippen LogP contribution in [0.4, 0.5) is 14.5 Å². The maximum absolute atomic E-state index is 14.1. The number of fused-ring (bicyclic) bond motifs is 2. The first-order valence-corrected chi connectivity index (χ1v) is 20.2. The Morgan fingerprint density at radius 2 is 1.66 bits per heavy atom. The van der Waals surface area contributed by atoms with Crippen LogP contribution in [-0.2, 0) is 19.2 Å². The van der Waals surface area contributed by atoms with Gasteiger partial charge in [0, 0.05) is 66.7 Å². The Morgan fingerprint density at radius 1 is 0.898 bits per heavy atom. The zero-order chi connectivity index (χ0) is 41.8. The first kappa shape index (κ1) is 41.1. The van der Waals surface area contributed by atoms with Gasteiger partial charge in [0.05, 0.1) is 16.6 Å². The third-order valence-electron chi connectivity index (χ3n) is 11.1. The molecule has 308 valence electrons. The van der Waals surface area contributed by atoms with Crippen LogP contribution >= 0.6 is 12.2 Å². The molecule has 59 heavy (non-hydrogen) atoms. The molecule has 3 aromatic carbocycles. The number of amides is 6. The second-order valence-electron chi connectivity index (χ2n) is 15.2. The number of nitrogens with zero attached hydrogens (tertiary/aromatic N) is 2. The second kappa shape index (κ2) is 17.4. The Balaban J connectivity index is 0.867. The smallest absolute Gasteiger partial charge is 0.266 e. The molecule has 5 N–H and O–H groups in total. The minimum atomic E-state index is -2.67. The number of carbonyl (C=O) groups excluding carboxylic acids is 6. The third kappa shape index (κ3) is 9.17. The van der Waals surface area contributed by atoms with E-state index in [4.69, 9.17) is 22.7 Å². The number of carbonyl (C=O) groups is 6. The Morgan fingerprint density at radius 3 is 2.42 bits per heavy atom. The summed E-state index contributed by atoms with van der Waals surface area (Å²) < 4.78 is 35.9. The molecule has 16 heteroatoms. The van der Waals surface area contributed by atoms with Crippen molar-refractivity contribution >= 4 is 69.2 Å². The topological polar surface area (TPSA) is 182 Å². The average Bonchev–Trinajstić information content (AvgIpc) is 3.70. The zero-order valence-electron chi connectivity index (χ0n) is 32.2. The predicted octanol–water partition coefficient (Wildman–Crippen LogP) is 6.18. The molecule has 0 spiro atoms. The quantitative estimate of drug-likeness (QED) is 0.0619. The molecule has 7 rings (SSSR count). The van der Waals surface area contributed by atoms with Crippen LogP contribution in [0.15, 0.2) is 66.9 Å². The van der Waals surface area contributed by atoms with Crippen LogP contribution in [0.2, 0.25) is 0 Å². The van der Waals surface area contributed by atoms with Crippen molar-refractivity contribution in [1.29, 1.82) is 0 Å². The molecule has 1 unspecified atom stereocenters. The van der Waals surface area contributed by atoms with Gasteiger partial charge in [-0.05, 0) is 68.0 Å². The molecule has 3 heterocycles. The molecule has 1 aliphatic carbocycles. The van der Waals surface area contributed by atoms with Gasteiger partial charge in [-0.25, -0.2) is 8.78 Å². The summed E-state index contributed by atoms with van der Waals surface area (Å²) in [5.74, 6) is -5.78. The van der Waals surface area contributed by atoms with Crippen molar-refractivity contribution in [3.05, 3.63) is 83.6 Å². The number of thiocarbonyl (C=S) groups is 1. The first-order valence-electron chi connectivity index (χ1n) is 19.8. The van der Waals surface area contributed by atoms with Gasteiger partial charge in [0.15, 0.2) is 6.61 Å². The Kier molecular flexibility index (Phi) is 12.2. The minimum Gasteiger partial charge on any atom is -0.483 e. The Bertz CT molecular complexity index is 2350. The van der Waals surface area contributed by atoms with E-state index in [1.165, 1.54) is 18.2 Å². The third-order valence-corrected chi connectivity index (χ3v) is 11.3. The van der Waals surface area contributed by atoms with E-state index in [9.17, 15) is 37.5 Å². The number of unbranched alkanes of at least 4 members (excludes halogenated alkanes) is 3. The SMILES string of the molecule is NC(=S)c1cccc(-c2cn(C3CCC(F)(F)CC3)c3cc(NC(=O)CCCCCCNC(=O)COc4cccc5c4C(=O)N(C4CCC(=O)NC4=O)C5=O)ccc23)c1. The van der Waals surface area contributed by atoms with E-state index in [2.05, 4.69) is 20.5 Å². The highest BCUT2D eigenvalue weighted by Gasteiger charge is 2.46. The second-order valence-corrected chi connectivity index (χ2v) is 15.6. The van der Waals surface area contributed by atoms with Crippen LogP contribution in [-0.4, -0.2) is 75.0 Å². The summed E-state index contributed by atoms with van der Waals surface area (Å²) in [5, 5.41) is 8.84. The number of aromatic nitrogens is 1. The largest absolute Gasteiger partial charge is 0.483 e. The summed E-state index contributed by atoms with van der Waals surface area (Å²) >= 11 is 5.19. The van der Waals surface area contributed by atoms with Crippen molar-refractivity contribution in [3.8, 4) is 16.9 Å². The molecule has 1 atom stereocenters. The maximum Gasteiger partial charge on any atom is 0.266 e. The molecule has 3 aliphatic rings. The molecule has 13 nitrogen and oxygen atoms in total. The number of rotatable bonds is 15. The fourth-order valence-electron chi connectivity index (χ4n) is 8.02. The number of hydrogen-bond donors (Lipinski definition) is 4. The van der Waals surface area contributed by atoms with Gasteiger partial charge in [0.25, 0.3) is 17.7 Å². The van der Waals surface area contributed by atoms with E-state index in [0.717, 1.165) is 45.3 Å². The number of benzene rings is 3. The fourth-order valence-corrected chi connectivity index (χ4v) is 8.15. The van der Waals surface area contributed by atoms with Gasteiger partial charge in [-0.1, -0.05) is 55.4 Å². The summed E-state index contributed by atoms with van der Waals surface area (Å²) in [4.78, 5) is 76.8. The average molecular weight is 827 g/mol. The number of nitrogens with two attached hydrogens (primary N) is 1. The molecule has 1 saturated carbocycles. The normalized spacial score (nSPS) is 17.8. The number of alkyl halides is 2. The standard InChI is InChI=1S/C43H44F2N6O7S/c44-43(45)18-16-28(17-19-43)50-23-31(25-7-5-8-26(21-25)39(46)59)29-13-12-27(22-33(29)50)48-35(52)11-3-1-2-4-20-47-37(54)24-58-34-10-6-9-30-38(34)42(57)51(41(30)56)32-14-15-36(53)49-40(32)55/h5-10,12-13,21-23,28,32H,1-4,11,14-20,24H2,(H2,46,59)(H,47,54)(H,48,52)(H,49,53,55). The molecule has 6 amide bonds. The van der Waals surface area contributed by atoms with Gasteiger partial charge in [-0.15, -0.1) is 0 Å². The molecular weight excluding hydrogens is 783 g/mol. The van der Waals surface area contributed by atoms with Crippen LogP contribution in [0.25, 0.3) is 22.0 Å². The molecule has 2 fully saturated rings. The summed E-state index contributed by atoms with van der Waals surface area (Å²) in [7, 11) is 0. The van der Waals surface area contributed by atoms with Crippen molar-refractivity contribution < 1.29 is 42.3 Å². The van der Waals surface area contributed by atoms with E-state index < -0.39 is 48.1 Å². The van der Waals surface area contributed by atoms with Crippen LogP contribution < -0.4 is 26.4 Å². The number of hydrogen-bond acceptors (Lipinski definition) is 8. The number of anilines is 1. The number of imide groups is 2. The Labute approximate surface area is 344 Å². The lowest BCUT2D eigenvalue weighted by Gasteiger charge is -2.29. The van der Waals surface area contributed by atoms with Gasteiger partial charge in [0.2, 0.25) is 23.6 Å². The number of piperidine rings is 1. The minimum absolute atomic E-state index is 0.00106. The summed E-state index contributed by atoms with van der Waals surface area (Å²) in [5.41, 5.74) is 9.92. The summed E-state index contributed by atoms with van der Waals surface area (Å²) in [6.07, 6.45) is 5.42. The van der Waals surface area contributed by atoms with E-state index in [1.54, 1.807) is 0 Å². The maximum atomic E-state index is 14.1. The molecule has 0 bridgehead atoms. The molecular formula is C43H44F2N6O7S. The lowest BCUT2D eigenvalue weighted by Crippen LogP contribution is -2.54. The highest BCUT2D eigenvalue weighted by atomic mass is 32.1. The van der Waals surface area contributed by atoms with E-state index >= 15 is 0 Å². The van der Waals surface area contributed by atoms with Gasteiger partial charge in [0.1, 0.15) is 16.8 Å². The van der Waals surface area contributed by atoms with Gasteiger partial charge in [-0.3, -0.25) is 39.0 Å². The van der Waals surface area contributed by atoms with Gasteiger partial charge >= 0.3 is 0 Å². The first-order chi connectivity index (χ1) is 28.3. The molecule has 4 aromatic rings. The molecule has 2 aliphatic heterocycles. The predicted molar refractivity (Wildman–Crippen MR) is 219 cm³/mol. The molecule has 0 radical (unpaired) electrons. The Hall–Kier alpha value is -6.03. The van der Waals surface area contributed by atoms with Crippen molar-refractivity contribution in [2.24, 2.45) is 5.73 Å². The van der Waals surface area contributed by atoms with Crippen molar-refractivity contribution in [2.75, 3.05) is 18.5 Å². The highest BCUT2D eigenvalue weighted by molar-refractivity contribution is 7.80. The van der Waals surface area contributed by atoms with E-state index in [0.29, 0.717) is 37.9 Å². The van der Waals surface area contributed by atoms with Gasteiger partial charge in [-0.2, -0.15) is 0 Å². The number of nitrogens with one attached hydrogen (secondary N) is 3. The number of ether oxygens (including phenoxy) is 1. The lowest BCUT2D eigenvalue weighted by atomic mass is 9.92. The van der Waals surface area contributed by atoms with E-state index in [1.807, 2.05) is 48.7 Å². The highest BCUT2D eigenvalue weighted by Crippen LogP contribution is 2.42. The lowest BCUT2D eigenvalue weighted by molar-refractivity contribution is -0.136. The van der Waals surface area contributed by atoms with E-state index in [-0.39, 0.29) is 65.9 Å². The van der Waals surface area contributed by atoms with Crippen LogP contribution in [0, 0.1) is 0 Å². The fraction of sp³-hybridized carbons (Fsp3) is 0.372. The zero-order valence-corrected chi connectivity index (χ0v) is 33.0. The van der Waals surface area contributed by atoms with Gasteiger partial charge < -0.3 is 25.7 Å². The molecule has 1 aromatic heterocycles. The van der Waals surface area contributed by atoms with Crippen LogP contribution in [0.3, 0.4) is 0 Å². The number of halogens is 2. The van der Waals surface area contributed by atoms with Crippen molar-refractivity contribution in [3.63, 3.8) is 0 Å². The van der Waals surface area contributed by atoms with Crippen molar-refractivity contribution in [1.82, 2.24) is 20.1 Å². The van der Waals surface area contributed by atoms with Crippen molar-refractivity contribution in [2.45, 2.75) is 88.6 Å². The van der Waals surface area contributed by atoms with Crippen LogP contribution in [0.1, 0.15) is 103 Å². The summed E-state index contributed by atoms with van der Waals surface area (Å²) in [6, 6.07) is 16.5. The molecule has 1 saturated heterocycles. The van der Waals surface area contributed by atoms with Crippen LogP contribution in [0.5, 0.6) is 5.75 Å². The summed E-state index contributed by atoms with van der Waals surface area (Å²) in [6.45, 7) is -0.0352.